The fourth-order valence-electron chi connectivity index (χ4n) is 5.62. The van der Waals surface area contributed by atoms with E-state index >= 15 is 0 Å². The molecule has 2 aromatic heterocycles. The smallest absolute Gasteiger partial charge is 0.168 e. The van der Waals surface area contributed by atoms with Crippen molar-refractivity contribution in [2.45, 2.75) is 43.5 Å². The van der Waals surface area contributed by atoms with E-state index in [1.54, 1.807) is 23.0 Å². The second kappa shape index (κ2) is 13.9. The molecule has 3 heterocycles. The average Bonchev–Trinajstić information content (AvgIpc) is 3.62. The zero-order valence-corrected chi connectivity index (χ0v) is 24.8. The minimum absolute atomic E-state index is 0.0439. The first-order valence-corrected chi connectivity index (χ1v) is 14.8. The topological polar surface area (TPSA) is 150 Å². The Kier molecular flexibility index (Phi) is 9.40. The first-order chi connectivity index (χ1) is 22.1. The molecule has 1 saturated heterocycles. The molecule has 3 aromatic carbocycles. The number of ether oxygens (including phenoxy) is 2. The van der Waals surface area contributed by atoms with Crippen LogP contribution in [0.1, 0.15) is 40.2 Å². The van der Waals surface area contributed by atoms with Crippen molar-refractivity contribution < 1.29 is 19.7 Å². The van der Waals surface area contributed by atoms with Crippen molar-refractivity contribution in [2.75, 3.05) is 25.6 Å². The van der Waals surface area contributed by atoms with Gasteiger partial charge in [-0.05, 0) is 28.8 Å². The number of nitrogens with zero attached hydrogens (tertiary/aromatic N) is 5. The van der Waals surface area contributed by atoms with Gasteiger partial charge in [-0.3, -0.25) is 4.57 Å². The molecule has 0 aliphatic carbocycles. The quantitative estimate of drug-likeness (QED) is 0.166. The van der Waals surface area contributed by atoms with E-state index in [-0.39, 0.29) is 12.5 Å². The van der Waals surface area contributed by atoms with Crippen LogP contribution in [0.3, 0.4) is 0 Å². The molecule has 0 spiro atoms. The van der Waals surface area contributed by atoms with Crippen molar-refractivity contribution in [3.05, 3.63) is 119 Å². The van der Waals surface area contributed by atoms with Crippen LogP contribution in [0.2, 0.25) is 0 Å². The molecule has 11 nitrogen and oxygen atoms in total. The summed E-state index contributed by atoms with van der Waals surface area (Å²) < 4.78 is 12.8. The summed E-state index contributed by atoms with van der Waals surface area (Å²) in [4.78, 5) is 14.3. The number of benzene rings is 3. The maximum absolute atomic E-state index is 10.9. The molecule has 6 rings (SSSR count). The predicted octanol–water partition coefficient (Wildman–Crippen LogP) is 3.50. The lowest BCUT2D eigenvalue weighted by molar-refractivity contribution is -0.0580. The monoisotopic (exact) mass is 605 g/mol. The van der Waals surface area contributed by atoms with Gasteiger partial charge >= 0.3 is 0 Å². The Morgan fingerprint density at radius 2 is 1.62 bits per heavy atom. The number of rotatable bonds is 12. The second-order valence-corrected chi connectivity index (χ2v) is 11.0. The number of aliphatic hydroxyl groups is 2. The van der Waals surface area contributed by atoms with E-state index in [0.29, 0.717) is 48.0 Å². The summed E-state index contributed by atoms with van der Waals surface area (Å²) in [5.74, 6) is 1.10. The number of nitrogens with one attached hydrogen (secondary N) is 2. The molecule has 45 heavy (non-hydrogen) atoms. The summed E-state index contributed by atoms with van der Waals surface area (Å²) in [7, 11) is 1.52. The molecule has 0 saturated carbocycles. The SMILES string of the molecule is COC[C@H]1O[C@@H](n2cnc3c(NCC(c4ccccc4)c4ccccc4)nc(CNCc4ccc(C#N)cc4)nc32)C(O)[C@@H]1O. The third-order valence-electron chi connectivity index (χ3n) is 7.98. The summed E-state index contributed by atoms with van der Waals surface area (Å²) in [6.07, 6.45) is -2.38. The van der Waals surface area contributed by atoms with Gasteiger partial charge in [0.15, 0.2) is 23.2 Å². The van der Waals surface area contributed by atoms with Crippen molar-refractivity contribution in [1.29, 1.82) is 5.26 Å². The third-order valence-corrected chi connectivity index (χ3v) is 7.98. The van der Waals surface area contributed by atoms with Gasteiger partial charge in [0, 0.05) is 26.1 Å². The molecule has 0 bridgehead atoms. The molecule has 1 aliphatic rings. The van der Waals surface area contributed by atoms with Crippen LogP contribution < -0.4 is 10.6 Å². The van der Waals surface area contributed by atoms with Gasteiger partial charge in [0.25, 0.3) is 0 Å². The van der Waals surface area contributed by atoms with Gasteiger partial charge in [-0.1, -0.05) is 72.8 Å². The Bertz CT molecular complexity index is 1700. The summed E-state index contributed by atoms with van der Waals surface area (Å²) in [6.45, 7) is 1.57. The fourth-order valence-corrected chi connectivity index (χ4v) is 5.62. The molecular weight excluding hydrogens is 570 g/mol. The average molecular weight is 606 g/mol. The lowest BCUT2D eigenvalue weighted by Crippen LogP contribution is -2.33. The number of anilines is 1. The number of hydrogen-bond acceptors (Lipinski definition) is 10. The number of methoxy groups -OCH3 is 1. The number of imidazole rings is 1. The Hall–Kier alpha value is -4.70. The van der Waals surface area contributed by atoms with Gasteiger partial charge < -0.3 is 30.3 Å². The van der Waals surface area contributed by atoms with Crippen LogP contribution in [0.4, 0.5) is 5.82 Å². The number of hydrogen-bond donors (Lipinski definition) is 4. The molecule has 4 N–H and O–H groups in total. The van der Waals surface area contributed by atoms with E-state index in [0.717, 1.165) is 16.7 Å². The summed E-state index contributed by atoms with van der Waals surface area (Å²) >= 11 is 0. The zero-order valence-electron chi connectivity index (χ0n) is 24.8. The van der Waals surface area contributed by atoms with E-state index in [1.165, 1.54) is 7.11 Å². The van der Waals surface area contributed by atoms with Crippen LogP contribution in [-0.2, 0) is 22.6 Å². The summed E-state index contributed by atoms with van der Waals surface area (Å²) in [5, 5.41) is 37.5. The minimum Gasteiger partial charge on any atom is -0.387 e. The number of nitriles is 1. The molecule has 11 heteroatoms. The predicted molar refractivity (Wildman–Crippen MR) is 168 cm³/mol. The van der Waals surface area contributed by atoms with E-state index < -0.39 is 24.5 Å². The maximum atomic E-state index is 10.9. The van der Waals surface area contributed by atoms with Crippen LogP contribution >= 0.6 is 0 Å². The van der Waals surface area contributed by atoms with Crippen molar-refractivity contribution in [2.24, 2.45) is 0 Å². The first kappa shape index (κ1) is 30.3. The van der Waals surface area contributed by atoms with Crippen molar-refractivity contribution in [3.63, 3.8) is 0 Å². The van der Waals surface area contributed by atoms with Gasteiger partial charge in [-0.2, -0.15) is 5.26 Å². The maximum Gasteiger partial charge on any atom is 0.168 e. The fraction of sp³-hybridized carbons (Fsp3) is 0.294. The van der Waals surface area contributed by atoms with Gasteiger partial charge in [0.1, 0.15) is 24.1 Å². The van der Waals surface area contributed by atoms with Gasteiger partial charge in [0.2, 0.25) is 0 Å². The highest BCUT2D eigenvalue weighted by Crippen LogP contribution is 2.33. The van der Waals surface area contributed by atoms with Crippen molar-refractivity contribution in [3.8, 4) is 6.07 Å². The molecule has 1 aliphatic heterocycles. The van der Waals surface area contributed by atoms with Crippen LogP contribution in [0.15, 0.2) is 91.3 Å². The second-order valence-electron chi connectivity index (χ2n) is 11.0. The number of aromatic nitrogens is 4. The van der Waals surface area contributed by atoms with Crippen LogP contribution in [0.25, 0.3) is 11.2 Å². The van der Waals surface area contributed by atoms with E-state index in [4.69, 9.17) is 24.7 Å². The standard InChI is InChI=1S/C34H35N7O4/c1-44-20-27-30(42)31(43)34(45-27)41-21-38-29-32(37-18-26(24-8-4-2-5-9-24)25-10-6-3-7-11-25)39-28(40-33(29)41)19-36-17-23-14-12-22(16-35)13-15-23/h2-15,21,26-27,30-31,34,36,42-43H,17-20H2,1H3,(H,37,39,40)/t27-,30-,31?,34-/m1/s1. The lowest BCUT2D eigenvalue weighted by atomic mass is 9.91. The van der Waals surface area contributed by atoms with Crippen LogP contribution in [0, 0.1) is 11.3 Å². The van der Waals surface area contributed by atoms with E-state index in [1.807, 2.05) is 48.5 Å². The Morgan fingerprint density at radius 1 is 0.933 bits per heavy atom. The highest BCUT2D eigenvalue weighted by molar-refractivity contribution is 5.83. The molecule has 1 fully saturated rings. The van der Waals surface area contributed by atoms with E-state index in [9.17, 15) is 10.2 Å². The normalized spacial score (nSPS) is 19.6. The number of aliphatic hydroxyl groups excluding tert-OH is 2. The number of fused-ring (bicyclic) bond motifs is 1. The van der Waals surface area contributed by atoms with Crippen LogP contribution in [0.5, 0.6) is 0 Å². The third kappa shape index (κ3) is 6.71. The Morgan fingerprint density at radius 3 is 2.27 bits per heavy atom. The molecule has 1 unspecified atom stereocenters. The summed E-state index contributed by atoms with van der Waals surface area (Å²) in [6, 6.07) is 30.1. The molecule has 230 valence electrons. The largest absolute Gasteiger partial charge is 0.387 e. The molecule has 5 aromatic rings. The molecule has 0 amide bonds. The van der Waals surface area contributed by atoms with Crippen molar-refractivity contribution in [1.82, 2.24) is 24.8 Å². The van der Waals surface area contributed by atoms with Gasteiger partial charge in [0.05, 0.1) is 31.1 Å². The van der Waals surface area contributed by atoms with Crippen LogP contribution in [-0.4, -0.2) is 68.3 Å². The van der Waals surface area contributed by atoms with Gasteiger partial charge in [-0.25, -0.2) is 15.0 Å². The zero-order chi connectivity index (χ0) is 31.2. The first-order valence-electron chi connectivity index (χ1n) is 14.8. The lowest BCUT2D eigenvalue weighted by Gasteiger charge is -2.20. The highest BCUT2D eigenvalue weighted by atomic mass is 16.6. The molecular formula is C34H35N7O4. The highest BCUT2D eigenvalue weighted by Gasteiger charge is 2.44. The Balaban J connectivity index is 1.31. The molecule has 0 radical (unpaired) electrons. The Labute approximate surface area is 261 Å². The van der Waals surface area contributed by atoms with Crippen molar-refractivity contribution >= 4 is 17.0 Å². The van der Waals surface area contributed by atoms with Gasteiger partial charge in [-0.15, -0.1) is 0 Å². The minimum atomic E-state index is -1.20. The molecule has 4 atom stereocenters. The summed E-state index contributed by atoms with van der Waals surface area (Å²) in [5.41, 5.74) is 4.94. The van der Waals surface area contributed by atoms with E-state index in [2.05, 4.69) is 46.0 Å².